The highest BCUT2D eigenvalue weighted by atomic mass is 32.2. The molecule has 1 aliphatic carbocycles. The molecule has 1 aromatic carbocycles. The largest absolute Gasteiger partial charge is 0.352 e. The fourth-order valence-electron chi connectivity index (χ4n) is 3.00. The molecule has 1 aromatic rings. The Morgan fingerprint density at radius 2 is 1.96 bits per heavy atom. The molecular formula is C18H26N2O3S. The zero-order chi connectivity index (χ0) is 17.7. The molecule has 0 fully saturated rings. The second kappa shape index (κ2) is 7.94. The molecule has 0 bridgehead atoms. The summed E-state index contributed by atoms with van der Waals surface area (Å²) < 4.78 is 23.3. The van der Waals surface area contributed by atoms with Gasteiger partial charge in [-0.05, 0) is 69.2 Å². The summed E-state index contributed by atoms with van der Waals surface area (Å²) in [7, 11) is -3.84. The Kier molecular flexibility index (Phi) is 6.18. The first-order valence-electron chi connectivity index (χ1n) is 8.39. The Labute approximate surface area is 144 Å². The molecule has 0 spiro atoms. The summed E-state index contributed by atoms with van der Waals surface area (Å²) in [4.78, 5) is 12.3. The van der Waals surface area contributed by atoms with E-state index < -0.39 is 10.0 Å². The number of nitrogens with one attached hydrogen (secondary N) is 1. The van der Waals surface area contributed by atoms with E-state index in [4.69, 9.17) is 5.14 Å². The van der Waals surface area contributed by atoms with Gasteiger partial charge in [-0.3, -0.25) is 4.79 Å². The van der Waals surface area contributed by atoms with Crippen LogP contribution in [0.4, 0.5) is 0 Å². The maximum absolute atomic E-state index is 12.3. The fraction of sp³-hybridized carbons (Fsp3) is 0.500. The molecule has 0 saturated carbocycles. The SMILES string of the molecule is Cc1cc(C(=O)NCCC2=CCCCCC2)cc(S(N)(=O)=O)c1C. The first kappa shape index (κ1) is 18.7. The van der Waals surface area contributed by atoms with Gasteiger partial charge in [0.15, 0.2) is 0 Å². The number of benzene rings is 1. The maximum atomic E-state index is 12.3. The number of nitrogens with two attached hydrogens (primary N) is 1. The molecule has 0 aliphatic heterocycles. The first-order chi connectivity index (χ1) is 11.3. The van der Waals surface area contributed by atoms with Crippen molar-refractivity contribution >= 4 is 15.9 Å². The van der Waals surface area contributed by atoms with E-state index in [1.165, 1.54) is 30.9 Å². The molecule has 0 atom stereocenters. The lowest BCUT2D eigenvalue weighted by Crippen LogP contribution is -2.25. The summed E-state index contributed by atoms with van der Waals surface area (Å²) in [6.07, 6.45) is 9.09. The highest BCUT2D eigenvalue weighted by Crippen LogP contribution is 2.21. The predicted molar refractivity (Wildman–Crippen MR) is 95.4 cm³/mol. The van der Waals surface area contributed by atoms with Crippen molar-refractivity contribution in [3.05, 3.63) is 40.5 Å². The van der Waals surface area contributed by atoms with Crippen LogP contribution in [0.1, 0.15) is 60.0 Å². The third-order valence-corrected chi connectivity index (χ3v) is 5.59. The number of hydrogen-bond acceptors (Lipinski definition) is 3. The molecule has 0 unspecified atom stereocenters. The highest BCUT2D eigenvalue weighted by Gasteiger charge is 2.17. The van der Waals surface area contributed by atoms with Crippen molar-refractivity contribution in [1.29, 1.82) is 0 Å². The molecule has 24 heavy (non-hydrogen) atoms. The molecule has 2 rings (SSSR count). The van der Waals surface area contributed by atoms with E-state index in [0.29, 0.717) is 17.7 Å². The van der Waals surface area contributed by atoms with Gasteiger partial charge in [-0.25, -0.2) is 13.6 Å². The minimum Gasteiger partial charge on any atom is -0.352 e. The maximum Gasteiger partial charge on any atom is 0.251 e. The molecule has 0 heterocycles. The van der Waals surface area contributed by atoms with Crippen LogP contribution in [0.5, 0.6) is 0 Å². The third kappa shape index (κ3) is 4.92. The standard InChI is InChI=1S/C18H26N2O3S/c1-13-11-16(12-17(14(13)2)24(19,22)23)18(21)20-10-9-15-7-5-3-4-6-8-15/h7,11-12H,3-6,8-10H2,1-2H3,(H,20,21)(H2,19,22,23). The number of hydrogen-bond donors (Lipinski definition) is 2. The van der Waals surface area contributed by atoms with E-state index in [9.17, 15) is 13.2 Å². The Balaban J connectivity index is 2.04. The van der Waals surface area contributed by atoms with Crippen molar-refractivity contribution in [1.82, 2.24) is 5.32 Å². The smallest absolute Gasteiger partial charge is 0.251 e. The minimum atomic E-state index is -3.84. The lowest BCUT2D eigenvalue weighted by molar-refractivity contribution is 0.0953. The van der Waals surface area contributed by atoms with E-state index in [1.54, 1.807) is 19.9 Å². The Bertz CT molecular complexity index is 752. The van der Waals surface area contributed by atoms with Crippen molar-refractivity contribution < 1.29 is 13.2 Å². The van der Waals surface area contributed by atoms with Crippen LogP contribution in [0.15, 0.2) is 28.7 Å². The van der Waals surface area contributed by atoms with Gasteiger partial charge in [-0.2, -0.15) is 0 Å². The van der Waals surface area contributed by atoms with E-state index >= 15 is 0 Å². The monoisotopic (exact) mass is 350 g/mol. The number of amides is 1. The van der Waals surface area contributed by atoms with Gasteiger partial charge in [0.1, 0.15) is 0 Å². The van der Waals surface area contributed by atoms with Gasteiger partial charge in [0.25, 0.3) is 5.91 Å². The van der Waals surface area contributed by atoms with Gasteiger partial charge in [-0.1, -0.05) is 18.1 Å². The van der Waals surface area contributed by atoms with Crippen molar-refractivity contribution in [3.8, 4) is 0 Å². The van der Waals surface area contributed by atoms with E-state index in [1.807, 2.05) is 0 Å². The van der Waals surface area contributed by atoms with Gasteiger partial charge in [-0.15, -0.1) is 0 Å². The number of carbonyl (C=O) groups excluding carboxylic acids is 1. The molecule has 0 radical (unpaired) electrons. The molecule has 6 heteroatoms. The van der Waals surface area contributed by atoms with Crippen LogP contribution < -0.4 is 10.5 Å². The summed E-state index contributed by atoms with van der Waals surface area (Å²) in [5.41, 5.74) is 3.05. The minimum absolute atomic E-state index is 0.0131. The van der Waals surface area contributed by atoms with Gasteiger partial charge in [0, 0.05) is 12.1 Å². The van der Waals surface area contributed by atoms with Crippen molar-refractivity contribution in [2.45, 2.75) is 57.3 Å². The van der Waals surface area contributed by atoms with Crippen molar-refractivity contribution in [3.63, 3.8) is 0 Å². The third-order valence-electron chi connectivity index (χ3n) is 4.56. The van der Waals surface area contributed by atoms with E-state index in [0.717, 1.165) is 24.8 Å². The number of carbonyl (C=O) groups is 1. The number of primary sulfonamides is 1. The van der Waals surface area contributed by atoms with Crippen molar-refractivity contribution in [2.24, 2.45) is 5.14 Å². The van der Waals surface area contributed by atoms with E-state index in [2.05, 4.69) is 11.4 Å². The average molecular weight is 350 g/mol. The molecule has 132 valence electrons. The number of allylic oxidation sites excluding steroid dienone is 1. The molecule has 0 saturated heterocycles. The number of rotatable bonds is 5. The summed E-state index contributed by atoms with van der Waals surface area (Å²) in [6.45, 7) is 4.02. The number of sulfonamides is 1. The lowest BCUT2D eigenvalue weighted by atomic mass is 10.1. The molecule has 1 aliphatic rings. The van der Waals surface area contributed by atoms with Crippen LogP contribution in [0.3, 0.4) is 0 Å². The summed E-state index contributed by atoms with van der Waals surface area (Å²) in [6, 6.07) is 3.06. The lowest BCUT2D eigenvalue weighted by Gasteiger charge is -2.12. The Hall–Kier alpha value is -1.66. The Morgan fingerprint density at radius 1 is 1.21 bits per heavy atom. The molecular weight excluding hydrogens is 324 g/mol. The van der Waals surface area contributed by atoms with Crippen LogP contribution in [-0.4, -0.2) is 20.9 Å². The summed E-state index contributed by atoms with van der Waals surface area (Å²) in [5.74, 6) is -0.266. The zero-order valence-corrected chi connectivity index (χ0v) is 15.2. The topological polar surface area (TPSA) is 89.3 Å². The predicted octanol–water partition coefficient (Wildman–Crippen LogP) is 2.96. The average Bonchev–Trinajstić information content (AvgIpc) is 2.77. The molecule has 5 nitrogen and oxygen atoms in total. The first-order valence-corrected chi connectivity index (χ1v) is 9.94. The molecule has 1 amide bonds. The van der Waals surface area contributed by atoms with Gasteiger partial charge >= 0.3 is 0 Å². The van der Waals surface area contributed by atoms with Gasteiger partial charge in [0.2, 0.25) is 10.0 Å². The van der Waals surface area contributed by atoms with Crippen LogP contribution in [0.25, 0.3) is 0 Å². The molecule has 0 aromatic heterocycles. The summed E-state index contributed by atoms with van der Waals surface area (Å²) in [5, 5.41) is 8.12. The second-order valence-electron chi connectivity index (χ2n) is 6.43. The Morgan fingerprint density at radius 3 is 2.67 bits per heavy atom. The normalized spacial score (nSPS) is 15.5. The van der Waals surface area contributed by atoms with Crippen LogP contribution in [-0.2, 0) is 10.0 Å². The number of aryl methyl sites for hydroxylation is 1. The highest BCUT2D eigenvalue weighted by molar-refractivity contribution is 7.89. The van der Waals surface area contributed by atoms with Gasteiger partial charge in [0.05, 0.1) is 4.90 Å². The molecule has 3 N–H and O–H groups in total. The summed E-state index contributed by atoms with van der Waals surface area (Å²) >= 11 is 0. The van der Waals surface area contributed by atoms with Crippen molar-refractivity contribution in [2.75, 3.05) is 6.54 Å². The van der Waals surface area contributed by atoms with Crippen LogP contribution >= 0.6 is 0 Å². The van der Waals surface area contributed by atoms with E-state index in [-0.39, 0.29) is 10.8 Å². The zero-order valence-electron chi connectivity index (χ0n) is 14.4. The quantitative estimate of drug-likeness (QED) is 0.800. The fourth-order valence-corrected chi connectivity index (χ4v) is 3.88. The second-order valence-corrected chi connectivity index (χ2v) is 7.96. The van der Waals surface area contributed by atoms with Crippen LogP contribution in [0, 0.1) is 13.8 Å². The van der Waals surface area contributed by atoms with Crippen LogP contribution in [0.2, 0.25) is 0 Å². The van der Waals surface area contributed by atoms with Gasteiger partial charge < -0.3 is 5.32 Å².